The number of anilines is 1. The molecule has 2 aromatic carbocycles. The monoisotopic (exact) mass is 495 g/mol. The summed E-state index contributed by atoms with van der Waals surface area (Å²) >= 11 is 0. The Balaban J connectivity index is 1.63. The summed E-state index contributed by atoms with van der Waals surface area (Å²) in [6.07, 6.45) is 2.58. The van der Waals surface area contributed by atoms with Gasteiger partial charge in [-0.05, 0) is 61.7 Å². The lowest BCUT2D eigenvalue weighted by atomic mass is 9.91. The lowest BCUT2D eigenvalue weighted by molar-refractivity contribution is 0.0640. The smallest absolute Gasteiger partial charge is 0.257 e. The molecule has 1 aromatic heterocycles. The van der Waals surface area contributed by atoms with E-state index in [0.717, 1.165) is 12.0 Å². The number of amides is 1. The Labute approximate surface area is 205 Å². The van der Waals surface area contributed by atoms with Gasteiger partial charge in [0.25, 0.3) is 5.91 Å². The van der Waals surface area contributed by atoms with Gasteiger partial charge in [0.1, 0.15) is 5.60 Å². The first-order chi connectivity index (χ1) is 16.6. The summed E-state index contributed by atoms with van der Waals surface area (Å²) in [7, 11) is -3.82. The van der Waals surface area contributed by atoms with Gasteiger partial charge < -0.3 is 15.2 Å². The normalized spacial score (nSPS) is 16.7. The van der Waals surface area contributed by atoms with Crippen LogP contribution in [0.2, 0.25) is 0 Å². The lowest BCUT2D eigenvalue weighted by Crippen LogP contribution is -2.41. The van der Waals surface area contributed by atoms with Gasteiger partial charge >= 0.3 is 0 Å². The van der Waals surface area contributed by atoms with Crippen molar-refractivity contribution in [2.75, 3.05) is 5.32 Å². The quantitative estimate of drug-likeness (QED) is 0.457. The first kappa shape index (κ1) is 24.8. The summed E-state index contributed by atoms with van der Waals surface area (Å²) in [5.41, 5.74) is 2.35. The van der Waals surface area contributed by atoms with Crippen molar-refractivity contribution in [2.45, 2.75) is 56.8 Å². The first-order valence-electron chi connectivity index (χ1n) is 11.4. The van der Waals surface area contributed by atoms with E-state index in [1.165, 1.54) is 6.20 Å². The van der Waals surface area contributed by atoms with Crippen LogP contribution in [0.4, 0.5) is 5.69 Å². The number of benzene rings is 2. The number of nitrogens with zero attached hydrogens (tertiary/aromatic N) is 1. The topological polar surface area (TPSA) is 118 Å². The van der Waals surface area contributed by atoms with Gasteiger partial charge in [-0.2, -0.15) is 0 Å². The molecule has 0 unspecified atom stereocenters. The summed E-state index contributed by atoms with van der Waals surface area (Å²) in [6.45, 7) is 5.60. The molecule has 8 nitrogen and oxygen atoms in total. The lowest BCUT2D eigenvalue weighted by Gasteiger charge is -2.37. The zero-order chi connectivity index (χ0) is 25.2. The molecule has 0 fully saturated rings. The van der Waals surface area contributed by atoms with Gasteiger partial charge in [0.15, 0.2) is 0 Å². The van der Waals surface area contributed by atoms with Gasteiger partial charge in [-0.1, -0.05) is 31.2 Å². The fourth-order valence-corrected chi connectivity index (χ4v) is 5.26. The zero-order valence-electron chi connectivity index (χ0n) is 19.9. The van der Waals surface area contributed by atoms with Crippen molar-refractivity contribution >= 4 is 21.6 Å². The number of aliphatic hydroxyl groups is 1. The third-order valence-corrected chi connectivity index (χ3v) is 7.38. The van der Waals surface area contributed by atoms with Gasteiger partial charge in [0.2, 0.25) is 15.9 Å². The van der Waals surface area contributed by atoms with Crippen LogP contribution >= 0.6 is 0 Å². The summed E-state index contributed by atoms with van der Waals surface area (Å²) in [5.74, 6) is -0.119. The van der Waals surface area contributed by atoms with Crippen molar-refractivity contribution in [3.8, 4) is 5.88 Å². The van der Waals surface area contributed by atoms with E-state index < -0.39 is 27.6 Å². The molecule has 0 saturated heterocycles. The van der Waals surface area contributed by atoms with Crippen molar-refractivity contribution in [1.29, 1.82) is 0 Å². The average molecular weight is 496 g/mol. The molecule has 3 N–H and O–H groups in total. The molecule has 1 atom stereocenters. The molecule has 1 amide bonds. The third-order valence-electron chi connectivity index (χ3n) is 5.89. The fourth-order valence-electron chi connectivity index (χ4n) is 4.05. The molecule has 9 heteroatoms. The molecule has 35 heavy (non-hydrogen) atoms. The highest BCUT2D eigenvalue weighted by Gasteiger charge is 2.37. The molecule has 1 aliphatic rings. The van der Waals surface area contributed by atoms with E-state index in [2.05, 4.69) is 15.0 Å². The van der Waals surface area contributed by atoms with Gasteiger partial charge in [-0.3, -0.25) is 4.79 Å². The van der Waals surface area contributed by atoms with Crippen molar-refractivity contribution in [1.82, 2.24) is 9.71 Å². The molecule has 0 bridgehead atoms. The number of aliphatic hydroxyl groups excluding tert-OH is 1. The predicted octanol–water partition coefficient (Wildman–Crippen LogP) is 3.97. The molecule has 0 radical (unpaired) electrons. The van der Waals surface area contributed by atoms with Crippen molar-refractivity contribution in [3.63, 3.8) is 0 Å². The Bertz CT molecular complexity index is 1340. The van der Waals surface area contributed by atoms with Crippen LogP contribution in [0.25, 0.3) is 0 Å². The number of rotatable bonds is 7. The Hall–Kier alpha value is -3.27. The van der Waals surface area contributed by atoms with Crippen molar-refractivity contribution in [3.05, 3.63) is 83.0 Å². The van der Waals surface area contributed by atoms with Crippen molar-refractivity contribution < 1.29 is 23.1 Å². The third kappa shape index (κ3) is 5.70. The van der Waals surface area contributed by atoms with Crippen LogP contribution in [0.3, 0.4) is 0 Å². The van der Waals surface area contributed by atoms with E-state index in [9.17, 15) is 18.3 Å². The summed E-state index contributed by atoms with van der Waals surface area (Å²) in [5, 5.41) is 12.1. The Kier molecular flexibility index (Phi) is 6.93. The highest BCUT2D eigenvalue weighted by Crippen LogP contribution is 2.39. The van der Waals surface area contributed by atoms with E-state index in [1.807, 2.05) is 20.8 Å². The molecule has 0 spiro atoms. The van der Waals surface area contributed by atoms with E-state index in [4.69, 9.17) is 4.74 Å². The number of hydrogen-bond donors (Lipinski definition) is 3. The number of aromatic nitrogens is 1. The number of nitrogens with one attached hydrogen (secondary N) is 2. The second kappa shape index (κ2) is 9.77. The van der Waals surface area contributed by atoms with Crippen molar-refractivity contribution in [2.24, 2.45) is 0 Å². The Morgan fingerprint density at radius 1 is 1.14 bits per heavy atom. The van der Waals surface area contributed by atoms with Gasteiger partial charge in [-0.15, -0.1) is 0 Å². The van der Waals surface area contributed by atoms with E-state index in [1.54, 1.807) is 54.6 Å². The van der Waals surface area contributed by atoms with E-state index >= 15 is 0 Å². The van der Waals surface area contributed by atoms with Crippen LogP contribution in [0.15, 0.2) is 65.7 Å². The molecule has 3 aromatic rings. The highest BCUT2D eigenvalue weighted by atomic mass is 32.2. The molecule has 0 saturated carbocycles. The number of ether oxygens (including phenoxy) is 1. The maximum absolute atomic E-state index is 13.2. The minimum absolute atomic E-state index is 0.139. The predicted molar refractivity (Wildman–Crippen MR) is 133 cm³/mol. The van der Waals surface area contributed by atoms with Gasteiger partial charge in [0, 0.05) is 23.9 Å². The Morgan fingerprint density at radius 3 is 2.57 bits per heavy atom. The number of hydrogen-bond acceptors (Lipinski definition) is 6. The van der Waals surface area contributed by atoms with E-state index in [-0.39, 0.29) is 22.9 Å². The van der Waals surface area contributed by atoms with Gasteiger partial charge in [0.05, 0.1) is 23.1 Å². The number of aryl methyl sites for hydroxylation is 1. The molecule has 184 valence electrons. The fraction of sp³-hybridized carbons (Fsp3) is 0.308. The molecular weight excluding hydrogens is 466 g/mol. The number of carbonyl (C=O) groups is 1. The summed E-state index contributed by atoms with van der Waals surface area (Å²) < 4.78 is 35.1. The summed E-state index contributed by atoms with van der Waals surface area (Å²) in [6, 6.07) is 14.6. The molecule has 0 aliphatic carbocycles. The van der Waals surface area contributed by atoms with Gasteiger partial charge in [-0.25, -0.2) is 18.1 Å². The highest BCUT2D eigenvalue weighted by molar-refractivity contribution is 7.89. The van der Waals surface area contributed by atoms with Crippen LogP contribution in [0, 0.1) is 0 Å². The summed E-state index contributed by atoms with van der Waals surface area (Å²) in [4.78, 5) is 17.4. The van der Waals surface area contributed by atoms with Crippen LogP contribution in [0.5, 0.6) is 5.88 Å². The SMILES string of the molecule is CCc1ccc(S(=O)(=O)N[C@H]2CC(C)(C)Oc3ncc(C(=O)Nc4cccc(CO)c4)cc32)cc1. The second-order valence-electron chi connectivity index (χ2n) is 9.17. The van der Waals surface area contributed by atoms with Crippen LogP contribution in [0.1, 0.15) is 60.3 Å². The number of pyridine rings is 1. The Morgan fingerprint density at radius 2 is 1.89 bits per heavy atom. The molecule has 1 aliphatic heterocycles. The average Bonchev–Trinajstić information content (AvgIpc) is 2.83. The molecular formula is C26H29N3O5S. The zero-order valence-corrected chi connectivity index (χ0v) is 20.7. The molecule has 4 rings (SSSR count). The van der Waals surface area contributed by atoms with Crippen LogP contribution in [-0.4, -0.2) is 30.0 Å². The van der Waals surface area contributed by atoms with E-state index in [0.29, 0.717) is 23.2 Å². The first-order valence-corrected chi connectivity index (χ1v) is 12.9. The molecule has 2 heterocycles. The van der Waals surface area contributed by atoms with Crippen LogP contribution < -0.4 is 14.8 Å². The van der Waals surface area contributed by atoms with Crippen LogP contribution in [-0.2, 0) is 23.1 Å². The minimum atomic E-state index is -3.82. The number of sulfonamides is 1. The minimum Gasteiger partial charge on any atom is -0.471 e. The number of carbonyl (C=O) groups excluding carboxylic acids is 1. The standard InChI is InChI=1S/C26H29N3O5S/c1-4-17-8-10-21(11-9-17)35(32,33)29-23-14-26(2,3)34-25-22(23)13-19(15-27-25)24(31)28-20-7-5-6-18(12-20)16-30/h5-13,15,23,29-30H,4,14,16H2,1-3H3,(H,28,31)/t23-/m0/s1. The number of fused-ring (bicyclic) bond motifs is 1. The maximum Gasteiger partial charge on any atom is 0.257 e. The second-order valence-corrected chi connectivity index (χ2v) is 10.9. The maximum atomic E-state index is 13.2. The largest absolute Gasteiger partial charge is 0.471 e.